The van der Waals surface area contributed by atoms with Gasteiger partial charge in [0.05, 0.1) is 5.02 Å². The monoisotopic (exact) mass is 345 g/mol. The van der Waals surface area contributed by atoms with Crippen molar-refractivity contribution in [3.63, 3.8) is 0 Å². The highest BCUT2D eigenvalue weighted by Crippen LogP contribution is 2.32. The molecule has 3 nitrogen and oxygen atoms in total. The first-order chi connectivity index (χ1) is 8.70. The molecule has 2 aromatic rings. The van der Waals surface area contributed by atoms with Gasteiger partial charge in [-0.2, -0.15) is 0 Å². The lowest BCUT2D eigenvalue weighted by atomic mass is 10.2. The van der Waals surface area contributed by atoms with Crippen LogP contribution in [-0.4, -0.2) is 16.7 Å². The number of nitrogens with one attached hydrogen (secondary N) is 1. The van der Waals surface area contributed by atoms with Gasteiger partial charge in [-0.15, -0.1) is 10.2 Å². The van der Waals surface area contributed by atoms with E-state index in [1.807, 2.05) is 18.2 Å². The fourth-order valence-electron chi connectivity index (χ4n) is 1.47. The van der Waals surface area contributed by atoms with Crippen LogP contribution in [0.2, 0.25) is 5.02 Å². The van der Waals surface area contributed by atoms with Crippen LogP contribution in [0.5, 0.6) is 0 Å². The number of nitrogens with zero attached hydrogens (tertiary/aromatic N) is 2. The summed E-state index contributed by atoms with van der Waals surface area (Å²) >= 11 is 11.2. The van der Waals surface area contributed by atoms with Crippen molar-refractivity contribution in [2.75, 3.05) is 6.54 Å². The maximum absolute atomic E-state index is 6.19. The molecular weight excluding hydrogens is 334 g/mol. The third kappa shape index (κ3) is 3.51. The second kappa shape index (κ2) is 6.61. The molecule has 0 atom stereocenters. The maximum atomic E-state index is 6.19. The molecule has 6 heteroatoms. The topological polar surface area (TPSA) is 37.8 Å². The van der Waals surface area contributed by atoms with Gasteiger partial charge in [-0.05, 0) is 31.2 Å². The summed E-state index contributed by atoms with van der Waals surface area (Å²) in [6.45, 7) is 3.90. The minimum Gasteiger partial charge on any atom is -0.310 e. The molecule has 1 N–H and O–H groups in total. The molecular formula is C12H13BrClN3S. The van der Waals surface area contributed by atoms with E-state index in [1.165, 1.54) is 0 Å². The van der Waals surface area contributed by atoms with Crippen LogP contribution in [0.4, 0.5) is 0 Å². The van der Waals surface area contributed by atoms with Crippen LogP contribution in [0.1, 0.15) is 18.4 Å². The van der Waals surface area contributed by atoms with Gasteiger partial charge in [0, 0.05) is 16.6 Å². The molecule has 0 aliphatic rings. The van der Waals surface area contributed by atoms with Gasteiger partial charge in [-0.25, -0.2) is 0 Å². The van der Waals surface area contributed by atoms with E-state index in [0.29, 0.717) is 5.02 Å². The average molecular weight is 347 g/mol. The fraction of sp³-hybridized carbons (Fsp3) is 0.333. The standard InChI is InChI=1S/C12H13BrClN3S/c1-2-5-15-7-11-16-17-12(18-11)9-4-3-8(13)6-10(9)14/h3-4,6,15H,2,5,7H2,1H3. The van der Waals surface area contributed by atoms with E-state index >= 15 is 0 Å². The van der Waals surface area contributed by atoms with E-state index in [4.69, 9.17) is 11.6 Å². The Morgan fingerprint density at radius 3 is 2.94 bits per heavy atom. The molecule has 0 aliphatic heterocycles. The highest BCUT2D eigenvalue weighted by molar-refractivity contribution is 9.10. The molecule has 1 aromatic heterocycles. The summed E-state index contributed by atoms with van der Waals surface area (Å²) in [7, 11) is 0. The van der Waals surface area contributed by atoms with Crippen molar-refractivity contribution in [3.8, 4) is 10.6 Å². The van der Waals surface area contributed by atoms with Crippen LogP contribution in [-0.2, 0) is 6.54 Å². The van der Waals surface area contributed by atoms with Crippen LogP contribution >= 0.6 is 38.9 Å². The van der Waals surface area contributed by atoms with Gasteiger partial charge < -0.3 is 5.32 Å². The van der Waals surface area contributed by atoms with Crippen LogP contribution in [0.3, 0.4) is 0 Å². The number of hydrogen-bond donors (Lipinski definition) is 1. The minimum absolute atomic E-state index is 0.689. The Morgan fingerprint density at radius 2 is 2.22 bits per heavy atom. The molecule has 2 rings (SSSR count). The summed E-state index contributed by atoms with van der Waals surface area (Å²) in [6.07, 6.45) is 1.12. The van der Waals surface area contributed by atoms with Crippen molar-refractivity contribution in [3.05, 3.63) is 32.7 Å². The highest BCUT2D eigenvalue weighted by atomic mass is 79.9. The molecule has 0 amide bonds. The van der Waals surface area contributed by atoms with Crippen molar-refractivity contribution in [1.82, 2.24) is 15.5 Å². The van der Waals surface area contributed by atoms with E-state index < -0.39 is 0 Å². The summed E-state index contributed by atoms with van der Waals surface area (Å²) < 4.78 is 0.964. The summed E-state index contributed by atoms with van der Waals surface area (Å²) in [5.41, 5.74) is 0.930. The lowest BCUT2D eigenvalue weighted by Gasteiger charge is -1.99. The minimum atomic E-state index is 0.689. The Morgan fingerprint density at radius 1 is 1.39 bits per heavy atom. The summed E-state index contributed by atoms with van der Waals surface area (Å²) in [6, 6.07) is 5.78. The van der Waals surface area contributed by atoms with Crippen molar-refractivity contribution < 1.29 is 0 Å². The third-order valence-electron chi connectivity index (χ3n) is 2.33. The van der Waals surface area contributed by atoms with Gasteiger partial charge in [-0.1, -0.05) is 45.8 Å². The van der Waals surface area contributed by atoms with E-state index in [2.05, 4.69) is 38.4 Å². The molecule has 96 valence electrons. The number of aromatic nitrogens is 2. The van der Waals surface area contributed by atoms with Crippen LogP contribution in [0.15, 0.2) is 22.7 Å². The van der Waals surface area contributed by atoms with Gasteiger partial charge in [0.2, 0.25) is 0 Å². The van der Waals surface area contributed by atoms with Crippen molar-refractivity contribution in [2.24, 2.45) is 0 Å². The Hall–Kier alpha value is -0.490. The molecule has 0 unspecified atom stereocenters. The highest BCUT2D eigenvalue weighted by Gasteiger charge is 2.10. The van der Waals surface area contributed by atoms with Gasteiger partial charge in [0.15, 0.2) is 0 Å². The molecule has 0 saturated carbocycles. The van der Waals surface area contributed by atoms with Crippen LogP contribution in [0.25, 0.3) is 10.6 Å². The molecule has 0 radical (unpaired) electrons. The van der Waals surface area contributed by atoms with Crippen molar-refractivity contribution in [2.45, 2.75) is 19.9 Å². The summed E-state index contributed by atoms with van der Waals surface area (Å²) in [5, 5.41) is 14.2. The van der Waals surface area contributed by atoms with Crippen molar-refractivity contribution >= 4 is 38.9 Å². The van der Waals surface area contributed by atoms with E-state index in [1.54, 1.807) is 11.3 Å². The smallest absolute Gasteiger partial charge is 0.149 e. The zero-order chi connectivity index (χ0) is 13.0. The van der Waals surface area contributed by atoms with E-state index in [-0.39, 0.29) is 0 Å². The Balaban J connectivity index is 2.13. The Bertz CT molecular complexity index is 530. The predicted octanol–water partition coefficient (Wildman–Crippen LogP) is 4.12. The predicted molar refractivity (Wildman–Crippen MR) is 80.1 cm³/mol. The van der Waals surface area contributed by atoms with Crippen LogP contribution in [0, 0.1) is 0 Å². The third-order valence-corrected chi connectivity index (χ3v) is 4.09. The first-order valence-corrected chi connectivity index (χ1v) is 7.68. The van der Waals surface area contributed by atoms with Crippen LogP contribution < -0.4 is 5.32 Å². The summed E-state index contributed by atoms with van der Waals surface area (Å²) in [5.74, 6) is 0. The molecule has 0 bridgehead atoms. The molecule has 18 heavy (non-hydrogen) atoms. The lowest BCUT2D eigenvalue weighted by Crippen LogP contribution is -2.13. The van der Waals surface area contributed by atoms with Gasteiger partial charge in [0.1, 0.15) is 10.0 Å². The molecule has 1 heterocycles. The Kier molecular flexibility index (Phi) is 5.12. The normalized spacial score (nSPS) is 10.8. The lowest BCUT2D eigenvalue weighted by molar-refractivity contribution is 0.668. The van der Waals surface area contributed by atoms with Crippen molar-refractivity contribution in [1.29, 1.82) is 0 Å². The molecule has 0 aliphatic carbocycles. The van der Waals surface area contributed by atoms with Gasteiger partial charge in [-0.3, -0.25) is 0 Å². The number of hydrogen-bond acceptors (Lipinski definition) is 4. The fourth-order valence-corrected chi connectivity index (χ4v) is 3.14. The first-order valence-electron chi connectivity index (χ1n) is 5.69. The molecule has 0 spiro atoms. The zero-order valence-electron chi connectivity index (χ0n) is 9.91. The van der Waals surface area contributed by atoms with E-state index in [0.717, 1.165) is 39.6 Å². The molecule has 0 saturated heterocycles. The van der Waals surface area contributed by atoms with E-state index in [9.17, 15) is 0 Å². The molecule has 1 aromatic carbocycles. The molecule has 0 fully saturated rings. The number of halogens is 2. The Labute approximate surface area is 124 Å². The number of rotatable bonds is 5. The number of benzene rings is 1. The quantitative estimate of drug-likeness (QED) is 0.828. The van der Waals surface area contributed by atoms with Gasteiger partial charge >= 0.3 is 0 Å². The maximum Gasteiger partial charge on any atom is 0.149 e. The summed E-state index contributed by atoms with van der Waals surface area (Å²) in [4.78, 5) is 0. The van der Waals surface area contributed by atoms with Gasteiger partial charge in [0.25, 0.3) is 0 Å². The zero-order valence-corrected chi connectivity index (χ0v) is 13.1. The second-order valence-corrected chi connectivity index (χ2v) is 6.19. The largest absolute Gasteiger partial charge is 0.310 e. The first kappa shape index (κ1) is 13.9. The average Bonchev–Trinajstić information content (AvgIpc) is 2.78. The SMILES string of the molecule is CCCNCc1nnc(-c2ccc(Br)cc2Cl)s1. The second-order valence-electron chi connectivity index (χ2n) is 3.80.